The lowest BCUT2D eigenvalue weighted by molar-refractivity contribution is -0.119. The smallest absolute Gasteiger partial charge is 0.240 e. The second-order valence-corrected chi connectivity index (χ2v) is 9.43. The summed E-state index contributed by atoms with van der Waals surface area (Å²) in [6, 6.07) is 8.35. The van der Waals surface area contributed by atoms with Gasteiger partial charge in [-0.15, -0.1) is 0 Å². The van der Waals surface area contributed by atoms with Gasteiger partial charge in [0, 0.05) is 24.7 Å². The molecule has 8 nitrogen and oxygen atoms in total. The molecule has 1 aliphatic heterocycles. The molecule has 1 amide bonds. The summed E-state index contributed by atoms with van der Waals surface area (Å²) in [5.41, 5.74) is 2.37. The van der Waals surface area contributed by atoms with Crippen molar-refractivity contribution in [3.63, 3.8) is 0 Å². The molecule has 0 unspecified atom stereocenters. The minimum absolute atomic E-state index is 0.0580. The van der Waals surface area contributed by atoms with Crippen LogP contribution in [0.4, 0.5) is 5.69 Å². The normalized spacial score (nSPS) is 15.5. The predicted molar refractivity (Wildman–Crippen MR) is 115 cm³/mol. The van der Waals surface area contributed by atoms with Crippen LogP contribution in [0.25, 0.3) is 0 Å². The number of carbonyl (C=O) groups is 1. The zero-order valence-electron chi connectivity index (χ0n) is 17.8. The fourth-order valence-corrected chi connectivity index (χ4v) is 4.89. The van der Waals surface area contributed by atoms with Crippen LogP contribution in [0.2, 0.25) is 0 Å². The van der Waals surface area contributed by atoms with Gasteiger partial charge >= 0.3 is 0 Å². The first-order chi connectivity index (χ1) is 14.9. The molecule has 0 atom stereocenters. The second-order valence-electron chi connectivity index (χ2n) is 7.66. The molecule has 0 bridgehead atoms. The molecule has 0 saturated heterocycles. The molecule has 2 aromatic carbocycles. The van der Waals surface area contributed by atoms with Crippen molar-refractivity contribution >= 4 is 21.6 Å². The van der Waals surface area contributed by atoms with Crippen LogP contribution < -0.4 is 23.8 Å². The number of hydrogen-bond acceptors (Lipinski definition) is 6. The highest BCUT2D eigenvalue weighted by Gasteiger charge is 2.36. The van der Waals surface area contributed by atoms with Gasteiger partial charge < -0.3 is 19.1 Å². The number of sulfonamides is 1. The Labute approximate surface area is 182 Å². The van der Waals surface area contributed by atoms with E-state index in [4.69, 9.17) is 14.2 Å². The van der Waals surface area contributed by atoms with Gasteiger partial charge in [0.2, 0.25) is 21.7 Å². The van der Waals surface area contributed by atoms with Crippen LogP contribution in [-0.2, 0) is 27.8 Å². The lowest BCUT2D eigenvalue weighted by atomic mass is 10.2. The Bertz CT molecular complexity index is 1090. The minimum atomic E-state index is -3.74. The van der Waals surface area contributed by atoms with Crippen molar-refractivity contribution in [3.05, 3.63) is 41.5 Å². The zero-order valence-corrected chi connectivity index (χ0v) is 18.6. The highest BCUT2D eigenvalue weighted by Crippen LogP contribution is 2.39. The maximum atomic E-state index is 12.9. The number of rotatable bonds is 8. The van der Waals surface area contributed by atoms with E-state index in [1.165, 1.54) is 21.3 Å². The highest BCUT2D eigenvalue weighted by atomic mass is 32.2. The lowest BCUT2D eigenvalue weighted by Gasteiger charge is -2.17. The summed E-state index contributed by atoms with van der Waals surface area (Å²) in [4.78, 5) is 14.4. The molecular weight excluding hydrogens is 420 g/mol. The standard InChI is InChI=1S/C22H26N2O6S/c1-28-19-10-14(11-20(29-2)21(19)30-3)13-23-31(26,27)17-6-7-18-16(12-17)8-9-24(18)22(25)15-4-5-15/h6-7,10-12,15,23H,4-5,8-9,13H2,1-3H3. The largest absolute Gasteiger partial charge is 0.493 e. The van der Waals surface area contributed by atoms with Crippen LogP contribution in [0.15, 0.2) is 35.2 Å². The van der Waals surface area contributed by atoms with Gasteiger partial charge in [0.25, 0.3) is 0 Å². The van der Waals surface area contributed by atoms with E-state index in [1.54, 1.807) is 35.2 Å². The van der Waals surface area contributed by atoms with E-state index >= 15 is 0 Å². The van der Waals surface area contributed by atoms with Crippen LogP contribution in [0.5, 0.6) is 17.2 Å². The van der Waals surface area contributed by atoms with Gasteiger partial charge in [-0.05, 0) is 60.7 Å². The minimum Gasteiger partial charge on any atom is -0.493 e. The average molecular weight is 447 g/mol. The quantitative estimate of drug-likeness (QED) is 0.670. The number of fused-ring (bicyclic) bond motifs is 1. The Morgan fingerprint density at radius 1 is 1.06 bits per heavy atom. The number of nitrogens with zero attached hydrogens (tertiary/aromatic N) is 1. The number of nitrogens with one attached hydrogen (secondary N) is 1. The van der Waals surface area contributed by atoms with Crippen LogP contribution >= 0.6 is 0 Å². The Balaban J connectivity index is 1.52. The molecule has 4 rings (SSSR count). The van der Waals surface area contributed by atoms with E-state index in [1.807, 2.05) is 0 Å². The third-order valence-corrected chi connectivity index (χ3v) is 7.04. The van der Waals surface area contributed by atoms with Gasteiger partial charge in [0.1, 0.15) is 0 Å². The van der Waals surface area contributed by atoms with E-state index in [9.17, 15) is 13.2 Å². The molecule has 0 radical (unpaired) electrons. The molecule has 0 spiro atoms. The molecule has 1 N–H and O–H groups in total. The van der Waals surface area contributed by atoms with Crippen molar-refractivity contribution in [2.75, 3.05) is 32.8 Å². The first-order valence-corrected chi connectivity index (χ1v) is 11.6. The van der Waals surface area contributed by atoms with Crippen molar-refractivity contribution in [3.8, 4) is 17.2 Å². The van der Waals surface area contributed by atoms with E-state index in [0.29, 0.717) is 35.8 Å². The van der Waals surface area contributed by atoms with Gasteiger partial charge in [-0.25, -0.2) is 13.1 Å². The number of methoxy groups -OCH3 is 3. The molecule has 1 aliphatic carbocycles. The van der Waals surface area contributed by atoms with Gasteiger partial charge in [0.15, 0.2) is 11.5 Å². The zero-order chi connectivity index (χ0) is 22.2. The summed E-state index contributed by atoms with van der Waals surface area (Å²) >= 11 is 0. The number of benzene rings is 2. The SMILES string of the molecule is COc1cc(CNS(=O)(=O)c2ccc3c(c2)CCN3C(=O)C2CC2)cc(OC)c1OC. The Morgan fingerprint density at radius 3 is 2.32 bits per heavy atom. The van der Waals surface area contributed by atoms with E-state index in [2.05, 4.69) is 4.72 Å². The maximum absolute atomic E-state index is 12.9. The summed E-state index contributed by atoms with van der Waals surface area (Å²) in [5, 5.41) is 0. The van der Waals surface area contributed by atoms with Gasteiger partial charge in [-0.1, -0.05) is 0 Å². The second kappa shape index (κ2) is 8.39. The summed E-state index contributed by atoms with van der Waals surface area (Å²) in [6.07, 6.45) is 2.55. The molecule has 2 aromatic rings. The van der Waals surface area contributed by atoms with Crippen LogP contribution in [-0.4, -0.2) is 42.2 Å². The first-order valence-electron chi connectivity index (χ1n) is 10.1. The number of hydrogen-bond donors (Lipinski definition) is 1. The van der Waals surface area contributed by atoms with Gasteiger partial charge in [-0.2, -0.15) is 0 Å². The average Bonchev–Trinajstić information content (AvgIpc) is 3.55. The van der Waals surface area contributed by atoms with Gasteiger partial charge in [0.05, 0.1) is 26.2 Å². The number of anilines is 1. The summed E-state index contributed by atoms with van der Waals surface area (Å²) in [7, 11) is 0.781. The molecule has 1 saturated carbocycles. The summed E-state index contributed by atoms with van der Waals surface area (Å²) in [5.74, 6) is 1.63. The van der Waals surface area contributed by atoms with Crippen LogP contribution in [0, 0.1) is 5.92 Å². The molecule has 1 fully saturated rings. The topological polar surface area (TPSA) is 94.2 Å². The van der Waals surface area contributed by atoms with E-state index in [-0.39, 0.29) is 23.3 Å². The number of ether oxygens (including phenoxy) is 3. The summed E-state index contributed by atoms with van der Waals surface area (Å²) in [6.45, 7) is 0.662. The van der Waals surface area contributed by atoms with Crippen LogP contribution in [0.1, 0.15) is 24.0 Å². The van der Waals surface area contributed by atoms with Crippen LogP contribution in [0.3, 0.4) is 0 Å². The number of carbonyl (C=O) groups excluding carboxylic acids is 1. The highest BCUT2D eigenvalue weighted by molar-refractivity contribution is 7.89. The first kappa shape index (κ1) is 21.5. The number of amides is 1. The van der Waals surface area contributed by atoms with Crippen molar-refractivity contribution in [2.24, 2.45) is 5.92 Å². The molecule has 9 heteroatoms. The third kappa shape index (κ3) is 4.20. The fraction of sp³-hybridized carbons (Fsp3) is 0.409. The third-order valence-electron chi connectivity index (χ3n) is 5.64. The molecule has 31 heavy (non-hydrogen) atoms. The van der Waals surface area contributed by atoms with Crippen molar-refractivity contribution < 1.29 is 27.4 Å². The Morgan fingerprint density at radius 2 is 1.74 bits per heavy atom. The van der Waals surface area contributed by atoms with Crippen molar-refractivity contribution in [1.82, 2.24) is 4.72 Å². The van der Waals surface area contributed by atoms with Crippen molar-refractivity contribution in [1.29, 1.82) is 0 Å². The molecule has 166 valence electrons. The fourth-order valence-electron chi connectivity index (χ4n) is 3.82. The molecule has 0 aromatic heterocycles. The monoisotopic (exact) mass is 446 g/mol. The Hall–Kier alpha value is -2.78. The molecule has 2 aliphatic rings. The molecule has 1 heterocycles. The van der Waals surface area contributed by atoms with Crippen molar-refractivity contribution in [2.45, 2.75) is 30.7 Å². The van der Waals surface area contributed by atoms with E-state index in [0.717, 1.165) is 24.1 Å². The predicted octanol–water partition coefficient (Wildman–Crippen LogP) is 2.49. The Kier molecular flexibility index (Phi) is 5.81. The van der Waals surface area contributed by atoms with Gasteiger partial charge in [-0.3, -0.25) is 4.79 Å². The summed E-state index contributed by atoms with van der Waals surface area (Å²) < 4.78 is 44.4. The maximum Gasteiger partial charge on any atom is 0.240 e. The molecular formula is C22H26N2O6S. The lowest BCUT2D eigenvalue weighted by Crippen LogP contribution is -2.30. The van der Waals surface area contributed by atoms with E-state index < -0.39 is 10.0 Å².